The molecule has 9 nitrogen and oxygen atoms in total. The molecule has 0 atom stereocenters. The molecule has 9 aromatic rings. The maximum atomic E-state index is 13.4. The molecule has 6 heterocycles. The number of aromatic nitrogens is 9. The lowest BCUT2D eigenvalue weighted by Crippen LogP contribution is -1.91. The highest BCUT2D eigenvalue weighted by Crippen LogP contribution is 2.09. The number of halogens is 3. The van der Waals surface area contributed by atoms with Crippen molar-refractivity contribution in [2.24, 2.45) is 0 Å². The van der Waals surface area contributed by atoms with Crippen LogP contribution in [0.3, 0.4) is 0 Å². The van der Waals surface area contributed by atoms with Gasteiger partial charge in [0.1, 0.15) is 17.5 Å². The quantitative estimate of drug-likeness (QED) is 0.147. The molecule has 0 amide bonds. The third-order valence-electron chi connectivity index (χ3n) is 7.89. The van der Waals surface area contributed by atoms with Crippen molar-refractivity contribution >= 4 is 16.9 Å². The summed E-state index contributed by atoms with van der Waals surface area (Å²) in [5, 5.41) is 12.8. The van der Waals surface area contributed by atoms with Gasteiger partial charge in [-0.3, -0.25) is 0 Å². The molecule has 0 fully saturated rings. The average Bonchev–Trinajstić information content (AvgIpc) is 3.89. The maximum absolute atomic E-state index is 13.4. The lowest BCUT2D eigenvalue weighted by Gasteiger charge is -1.94. The highest BCUT2D eigenvalue weighted by molar-refractivity contribution is 5.48. The predicted octanol–water partition coefficient (Wildman–Crippen LogP) is 7.73. The summed E-state index contributed by atoms with van der Waals surface area (Å²) < 4.78 is 44.2. The van der Waals surface area contributed by atoms with Crippen LogP contribution in [0.4, 0.5) is 13.2 Å². The molecule has 0 aliphatic carbocycles. The Bertz CT molecular complexity index is 3070. The van der Waals surface area contributed by atoms with E-state index in [1.807, 2.05) is 51.4 Å². The number of nitrogens with zero attached hydrogens (tertiary/aromatic N) is 9. The monoisotopic (exact) mass is 753 g/mol. The van der Waals surface area contributed by atoms with E-state index in [0.29, 0.717) is 16.7 Å². The lowest BCUT2D eigenvalue weighted by atomic mass is 10.2. The fourth-order valence-corrected chi connectivity index (χ4v) is 5.27. The van der Waals surface area contributed by atoms with Crippen molar-refractivity contribution in [3.8, 4) is 35.5 Å². The molecule has 57 heavy (non-hydrogen) atoms. The molecule has 0 bridgehead atoms. The molecule has 0 saturated heterocycles. The fraction of sp³-hybridized carbons (Fsp3) is 0.0667. The van der Waals surface area contributed by atoms with E-state index in [1.165, 1.54) is 30.3 Å². The largest absolute Gasteiger partial charge is 0.236 e. The van der Waals surface area contributed by atoms with Gasteiger partial charge < -0.3 is 0 Å². The lowest BCUT2D eigenvalue weighted by molar-refractivity contribution is 0.624. The van der Waals surface area contributed by atoms with Gasteiger partial charge in [0, 0.05) is 66.5 Å². The van der Waals surface area contributed by atoms with Gasteiger partial charge >= 0.3 is 0 Å². The molecule has 3 aromatic carbocycles. The number of benzene rings is 3. The smallest absolute Gasteiger partial charge is 0.155 e. The summed E-state index contributed by atoms with van der Waals surface area (Å²) >= 11 is 0. The van der Waals surface area contributed by atoms with Gasteiger partial charge in [0.2, 0.25) is 0 Å². The molecule has 0 radical (unpaired) electrons. The Kier molecular flexibility index (Phi) is 11.1. The molecule has 12 heteroatoms. The van der Waals surface area contributed by atoms with E-state index in [2.05, 4.69) is 65.8 Å². The summed E-state index contributed by atoms with van der Waals surface area (Å²) in [6.45, 7) is 5.73. The first-order valence-corrected chi connectivity index (χ1v) is 17.4. The van der Waals surface area contributed by atoms with E-state index < -0.39 is 0 Å². The van der Waals surface area contributed by atoms with Gasteiger partial charge in [0.15, 0.2) is 16.9 Å². The molecule has 0 aliphatic rings. The standard InChI is InChI=1S/3C15H10FN3/c1-11-8-15-17-9-13(10-19(15)18-11)3-2-12-4-6-14(16)7-5-12;1-11-7-15-17-9-13(10-19(15)18-11)6-5-12-3-2-4-14(16)8-12;1-11-8-15-17-9-12(10-19(15)18-11)6-7-13-4-2-3-5-14(13)16/h4-10H,1H3;2-4,7-10H,1H3;2-5,8-10H,1H3. The number of aryl methyl sites for hydroxylation is 3. The van der Waals surface area contributed by atoms with Crippen LogP contribution in [0.2, 0.25) is 0 Å². The molecule has 0 spiro atoms. The van der Waals surface area contributed by atoms with Crippen molar-refractivity contribution in [3.05, 3.63) is 196 Å². The summed E-state index contributed by atoms with van der Waals surface area (Å²) in [4.78, 5) is 12.8. The van der Waals surface area contributed by atoms with Crippen LogP contribution in [0.25, 0.3) is 16.9 Å². The molecule has 9 rings (SSSR count). The van der Waals surface area contributed by atoms with Crippen molar-refractivity contribution in [2.45, 2.75) is 20.8 Å². The van der Waals surface area contributed by atoms with Gasteiger partial charge in [-0.2, -0.15) is 15.3 Å². The zero-order valence-corrected chi connectivity index (χ0v) is 30.8. The van der Waals surface area contributed by atoms with Crippen molar-refractivity contribution in [2.75, 3.05) is 0 Å². The van der Waals surface area contributed by atoms with E-state index in [4.69, 9.17) is 0 Å². The zero-order valence-electron chi connectivity index (χ0n) is 30.8. The summed E-state index contributed by atoms with van der Waals surface area (Å²) in [7, 11) is 0. The minimum Gasteiger partial charge on any atom is -0.236 e. The highest BCUT2D eigenvalue weighted by atomic mass is 19.1. The molecule has 0 saturated carbocycles. The first-order valence-electron chi connectivity index (χ1n) is 17.4. The Morgan fingerprint density at radius 1 is 0.421 bits per heavy atom. The summed E-state index contributed by atoms with van der Waals surface area (Å²) in [5.74, 6) is 16.6. The normalized spacial score (nSPS) is 10.2. The van der Waals surface area contributed by atoms with Gasteiger partial charge in [-0.15, -0.1) is 0 Å². The second kappa shape index (κ2) is 17.0. The van der Waals surface area contributed by atoms with Crippen LogP contribution in [0, 0.1) is 73.7 Å². The Morgan fingerprint density at radius 3 is 1.37 bits per heavy atom. The molecule has 0 unspecified atom stereocenters. The second-order valence-electron chi connectivity index (χ2n) is 12.5. The molecule has 0 aliphatic heterocycles. The van der Waals surface area contributed by atoms with Gasteiger partial charge in [-0.1, -0.05) is 53.7 Å². The fourth-order valence-electron chi connectivity index (χ4n) is 5.27. The van der Waals surface area contributed by atoms with E-state index in [1.54, 1.807) is 80.8 Å². The highest BCUT2D eigenvalue weighted by Gasteiger charge is 2.02. The van der Waals surface area contributed by atoms with Crippen molar-refractivity contribution in [1.29, 1.82) is 0 Å². The Balaban J connectivity index is 0.000000131. The van der Waals surface area contributed by atoms with Crippen LogP contribution >= 0.6 is 0 Å². The summed E-state index contributed by atoms with van der Waals surface area (Å²) in [5.41, 5.74) is 9.03. The molecular weight excluding hydrogens is 724 g/mol. The Morgan fingerprint density at radius 2 is 0.877 bits per heavy atom. The van der Waals surface area contributed by atoms with Gasteiger partial charge in [0.25, 0.3) is 0 Å². The van der Waals surface area contributed by atoms with Gasteiger partial charge in [0.05, 0.1) is 39.3 Å². The van der Waals surface area contributed by atoms with Crippen LogP contribution < -0.4 is 0 Å². The number of rotatable bonds is 0. The first-order chi connectivity index (χ1) is 27.6. The van der Waals surface area contributed by atoms with Crippen LogP contribution in [0.1, 0.15) is 50.5 Å². The first kappa shape index (κ1) is 37.3. The third kappa shape index (κ3) is 9.95. The van der Waals surface area contributed by atoms with E-state index >= 15 is 0 Å². The molecule has 276 valence electrons. The van der Waals surface area contributed by atoms with Crippen molar-refractivity contribution < 1.29 is 13.2 Å². The zero-order chi connectivity index (χ0) is 39.7. The summed E-state index contributed by atoms with van der Waals surface area (Å²) in [6, 6.07) is 24.4. The molecular formula is C45H30F3N9. The maximum Gasteiger partial charge on any atom is 0.155 e. The molecule has 6 aromatic heterocycles. The minimum absolute atomic E-state index is 0.263. The summed E-state index contributed by atoms with van der Waals surface area (Å²) in [6.07, 6.45) is 10.5. The predicted molar refractivity (Wildman–Crippen MR) is 210 cm³/mol. The number of hydrogen-bond donors (Lipinski definition) is 0. The van der Waals surface area contributed by atoms with E-state index in [-0.39, 0.29) is 17.5 Å². The van der Waals surface area contributed by atoms with Crippen molar-refractivity contribution in [1.82, 2.24) is 43.8 Å². The van der Waals surface area contributed by atoms with Crippen molar-refractivity contribution in [3.63, 3.8) is 0 Å². The average molecular weight is 754 g/mol. The second-order valence-corrected chi connectivity index (χ2v) is 12.5. The van der Waals surface area contributed by atoms with E-state index in [9.17, 15) is 13.2 Å². The van der Waals surface area contributed by atoms with Crippen LogP contribution in [-0.4, -0.2) is 43.8 Å². The van der Waals surface area contributed by atoms with Crippen LogP contribution in [-0.2, 0) is 0 Å². The Hall–Kier alpha value is -8.01. The third-order valence-corrected chi connectivity index (χ3v) is 7.89. The van der Waals surface area contributed by atoms with Crippen LogP contribution in [0.15, 0.2) is 128 Å². The molecule has 0 N–H and O–H groups in total. The Labute approximate surface area is 325 Å². The SMILES string of the molecule is Cc1cc2ncc(C#Cc3ccc(F)cc3)cn2n1.Cc1cc2ncc(C#Cc3cccc(F)c3)cn2n1.Cc1cc2ncc(C#Cc3ccccc3F)cn2n1. The van der Waals surface area contributed by atoms with Gasteiger partial charge in [-0.25, -0.2) is 41.7 Å². The number of fused-ring (bicyclic) bond motifs is 3. The van der Waals surface area contributed by atoms with Crippen LogP contribution in [0.5, 0.6) is 0 Å². The van der Waals surface area contributed by atoms with E-state index in [0.717, 1.165) is 50.7 Å². The van der Waals surface area contributed by atoms with Gasteiger partial charge in [-0.05, 0) is 75.4 Å². The number of hydrogen-bond acceptors (Lipinski definition) is 6. The minimum atomic E-state index is -0.320. The topological polar surface area (TPSA) is 90.6 Å².